The molecule has 0 saturated heterocycles. The Labute approximate surface area is 194 Å². The fourth-order valence-corrected chi connectivity index (χ4v) is 3.66. The van der Waals surface area contributed by atoms with Crippen LogP contribution in [0.4, 0.5) is 0 Å². The Hall–Kier alpha value is -2.75. The molecule has 0 spiro atoms. The summed E-state index contributed by atoms with van der Waals surface area (Å²) in [6.45, 7) is 13.9. The second-order valence-corrected chi connectivity index (χ2v) is 9.14. The lowest BCUT2D eigenvalue weighted by atomic mass is 9.85. The van der Waals surface area contributed by atoms with Gasteiger partial charge in [0, 0.05) is 11.0 Å². The Bertz CT molecular complexity index is 900. The number of hydrogen-bond acceptors (Lipinski definition) is 4. The van der Waals surface area contributed by atoms with Crippen LogP contribution in [0.25, 0.3) is 0 Å². The average Bonchev–Trinajstić information content (AvgIpc) is 2.73. The minimum absolute atomic E-state index is 0.0779. The Balaban J connectivity index is 1.89. The zero-order valence-corrected chi connectivity index (χ0v) is 20.8. The molecule has 0 bridgehead atoms. The standard InChI is InChI=1S/C28H39NO3/c1-8-9-16-31-25-18-21(2)26(22(3)19-25)32-17-11-10-13-23-14-12-15-24(20-23)27(29-30-7)28(4,5)6/h8-9,12,14-15,18-20H,10-11,13,16-17H2,1-7H3/b9-8+,29-27+. The van der Waals surface area contributed by atoms with Crippen LogP contribution >= 0.6 is 0 Å². The predicted molar refractivity (Wildman–Crippen MR) is 134 cm³/mol. The van der Waals surface area contributed by atoms with Gasteiger partial charge in [0.05, 0.1) is 12.3 Å². The lowest BCUT2D eigenvalue weighted by Crippen LogP contribution is -2.22. The maximum absolute atomic E-state index is 6.12. The van der Waals surface area contributed by atoms with Gasteiger partial charge in [0.2, 0.25) is 0 Å². The fourth-order valence-electron chi connectivity index (χ4n) is 3.66. The molecule has 0 aliphatic heterocycles. The molecule has 32 heavy (non-hydrogen) atoms. The van der Waals surface area contributed by atoms with E-state index in [1.54, 1.807) is 7.11 Å². The molecule has 0 radical (unpaired) electrons. The fraction of sp³-hybridized carbons (Fsp3) is 0.464. The van der Waals surface area contributed by atoms with Crippen LogP contribution in [0.2, 0.25) is 0 Å². The molecule has 4 heteroatoms. The molecule has 174 valence electrons. The first-order valence-electron chi connectivity index (χ1n) is 11.4. The first-order chi connectivity index (χ1) is 15.3. The highest BCUT2D eigenvalue weighted by Gasteiger charge is 2.22. The van der Waals surface area contributed by atoms with E-state index < -0.39 is 0 Å². The van der Waals surface area contributed by atoms with Crippen molar-refractivity contribution >= 4 is 5.71 Å². The summed E-state index contributed by atoms with van der Waals surface area (Å²) in [5.74, 6) is 1.85. The lowest BCUT2D eigenvalue weighted by Gasteiger charge is -2.21. The first-order valence-corrected chi connectivity index (χ1v) is 11.4. The number of benzene rings is 2. The predicted octanol–water partition coefficient (Wildman–Crippen LogP) is 7.06. The van der Waals surface area contributed by atoms with Gasteiger partial charge < -0.3 is 14.3 Å². The summed E-state index contributed by atoms with van der Waals surface area (Å²) in [4.78, 5) is 5.09. The van der Waals surface area contributed by atoms with Crippen molar-refractivity contribution in [1.82, 2.24) is 0 Å². The molecule has 0 saturated carbocycles. The molecule has 2 rings (SSSR count). The highest BCUT2D eigenvalue weighted by Crippen LogP contribution is 2.29. The summed E-state index contributed by atoms with van der Waals surface area (Å²) in [6.07, 6.45) is 7.07. The normalized spacial score (nSPS) is 12.3. The van der Waals surface area contributed by atoms with Gasteiger partial charge >= 0.3 is 0 Å². The molecule has 0 N–H and O–H groups in total. The van der Waals surface area contributed by atoms with Crippen molar-refractivity contribution in [1.29, 1.82) is 0 Å². The van der Waals surface area contributed by atoms with Crippen LogP contribution in [0.15, 0.2) is 53.7 Å². The van der Waals surface area contributed by atoms with Gasteiger partial charge in [0.15, 0.2) is 0 Å². The number of unbranched alkanes of at least 4 members (excludes halogenated alkanes) is 1. The number of aryl methyl sites for hydroxylation is 3. The molecule has 0 aliphatic rings. The number of nitrogens with zero attached hydrogens (tertiary/aromatic N) is 1. The van der Waals surface area contributed by atoms with Crippen LogP contribution in [0.1, 0.15) is 62.8 Å². The van der Waals surface area contributed by atoms with E-state index in [2.05, 4.69) is 64.0 Å². The van der Waals surface area contributed by atoms with Gasteiger partial charge in [0.1, 0.15) is 25.2 Å². The minimum atomic E-state index is -0.0779. The molecule has 0 atom stereocenters. The largest absolute Gasteiger partial charge is 0.493 e. The van der Waals surface area contributed by atoms with Crippen molar-refractivity contribution < 1.29 is 14.3 Å². The van der Waals surface area contributed by atoms with Crippen molar-refractivity contribution in [2.45, 2.75) is 60.8 Å². The van der Waals surface area contributed by atoms with E-state index in [1.807, 2.05) is 31.2 Å². The Morgan fingerprint density at radius 1 is 1.00 bits per heavy atom. The van der Waals surface area contributed by atoms with Crippen LogP contribution in [-0.4, -0.2) is 26.0 Å². The van der Waals surface area contributed by atoms with Gasteiger partial charge in [-0.15, -0.1) is 0 Å². The zero-order valence-electron chi connectivity index (χ0n) is 20.8. The van der Waals surface area contributed by atoms with Crippen LogP contribution in [0, 0.1) is 19.3 Å². The molecule has 0 aliphatic carbocycles. The van der Waals surface area contributed by atoms with Gasteiger partial charge in [-0.05, 0) is 74.9 Å². The molecule has 0 heterocycles. The van der Waals surface area contributed by atoms with E-state index in [1.165, 1.54) is 5.56 Å². The van der Waals surface area contributed by atoms with Crippen LogP contribution < -0.4 is 9.47 Å². The Kier molecular flexibility index (Phi) is 9.83. The SMILES string of the molecule is C/C=C/COc1cc(C)c(OCCCCc2cccc(/C(=N\OC)C(C)(C)C)c2)c(C)c1. The van der Waals surface area contributed by atoms with Crippen molar-refractivity contribution in [2.24, 2.45) is 10.6 Å². The van der Waals surface area contributed by atoms with E-state index in [0.717, 1.165) is 53.2 Å². The lowest BCUT2D eigenvalue weighted by molar-refractivity contribution is 0.209. The summed E-state index contributed by atoms with van der Waals surface area (Å²) in [5, 5.41) is 4.28. The minimum Gasteiger partial charge on any atom is -0.493 e. The molecule has 2 aromatic rings. The summed E-state index contributed by atoms with van der Waals surface area (Å²) in [7, 11) is 1.60. The molecular weight excluding hydrogens is 398 g/mol. The molecule has 4 nitrogen and oxygen atoms in total. The first kappa shape index (κ1) is 25.5. The molecule has 0 unspecified atom stereocenters. The highest BCUT2D eigenvalue weighted by atomic mass is 16.6. The van der Waals surface area contributed by atoms with Gasteiger partial charge in [-0.2, -0.15) is 0 Å². The van der Waals surface area contributed by atoms with Crippen LogP contribution in [-0.2, 0) is 11.3 Å². The van der Waals surface area contributed by atoms with Crippen molar-refractivity contribution in [2.75, 3.05) is 20.3 Å². The summed E-state index contributed by atoms with van der Waals surface area (Å²) >= 11 is 0. The maximum Gasteiger partial charge on any atom is 0.125 e. The second kappa shape index (κ2) is 12.3. The van der Waals surface area contributed by atoms with E-state index >= 15 is 0 Å². The van der Waals surface area contributed by atoms with Gasteiger partial charge in [-0.25, -0.2) is 0 Å². The van der Waals surface area contributed by atoms with E-state index in [0.29, 0.717) is 13.2 Å². The van der Waals surface area contributed by atoms with Crippen molar-refractivity contribution in [3.63, 3.8) is 0 Å². The van der Waals surface area contributed by atoms with Crippen LogP contribution in [0.5, 0.6) is 11.5 Å². The summed E-state index contributed by atoms with van der Waals surface area (Å²) in [5.41, 5.74) is 5.54. The van der Waals surface area contributed by atoms with Crippen molar-refractivity contribution in [3.8, 4) is 11.5 Å². The third kappa shape index (κ3) is 7.74. The number of ether oxygens (including phenoxy) is 2. The number of oxime groups is 1. The van der Waals surface area contributed by atoms with E-state index in [4.69, 9.17) is 14.3 Å². The summed E-state index contributed by atoms with van der Waals surface area (Å²) in [6, 6.07) is 12.7. The number of hydrogen-bond donors (Lipinski definition) is 0. The van der Waals surface area contributed by atoms with Gasteiger partial charge in [-0.1, -0.05) is 56.3 Å². The quantitative estimate of drug-likeness (QED) is 0.164. The third-order valence-corrected chi connectivity index (χ3v) is 5.22. The average molecular weight is 438 g/mol. The monoisotopic (exact) mass is 437 g/mol. The Morgan fingerprint density at radius 3 is 2.34 bits per heavy atom. The zero-order chi connectivity index (χ0) is 23.6. The second-order valence-electron chi connectivity index (χ2n) is 9.14. The molecule has 0 aromatic heterocycles. The van der Waals surface area contributed by atoms with Gasteiger partial charge in [-0.3, -0.25) is 0 Å². The maximum atomic E-state index is 6.12. The topological polar surface area (TPSA) is 40.0 Å². The van der Waals surface area contributed by atoms with E-state index in [-0.39, 0.29) is 5.41 Å². The summed E-state index contributed by atoms with van der Waals surface area (Å²) < 4.78 is 11.9. The van der Waals surface area contributed by atoms with E-state index in [9.17, 15) is 0 Å². The highest BCUT2D eigenvalue weighted by molar-refractivity contribution is 6.03. The molecule has 0 amide bonds. The van der Waals surface area contributed by atoms with Gasteiger partial charge in [0.25, 0.3) is 0 Å². The number of allylic oxidation sites excluding steroid dienone is 1. The third-order valence-electron chi connectivity index (χ3n) is 5.22. The van der Waals surface area contributed by atoms with Crippen LogP contribution in [0.3, 0.4) is 0 Å². The van der Waals surface area contributed by atoms with Crippen molar-refractivity contribution in [3.05, 3.63) is 70.8 Å². The Morgan fingerprint density at radius 2 is 1.72 bits per heavy atom. The molecule has 0 fully saturated rings. The number of rotatable bonds is 11. The smallest absolute Gasteiger partial charge is 0.125 e. The molecule has 2 aromatic carbocycles. The molecular formula is C28H39NO3.